The average Bonchev–Trinajstić information content (AvgIpc) is 2.37. The molecular formula is C15H23NO3. The molecule has 0 bridgehead atoms. The first kappa shape index (κ1) is 15.5. The Morgan fingerprint density at radius 3 is 2.63 bits per heavy atom. The Kier molecular flexibility index (Phi) is 6.93. The molecule has 0 fully saturated rings. The van der Waals surface area contributed by atoms with Gasteiger partial charge in [-0.1, -0.05) is 39.0 Å². The number of nitrogens with zero attached hydrogens (tertiary/aromatic N) is 1. The molecule has 1 aromatic rings. The number of ether oxygens (including phenoxy) is 1. The quantitative estimate of drug-likeness (QED) is 0.689. The summed E-state index contributed by atoms with van der Waals surface area (Å²) in [5.74, 6) is -0.570. The minimum absolute atomic E-state index is 0.136. The van der Waals surface area contributed by atoms with Crippen molar-refractivity contribution < 1.29 is 14.6 Å². The lowest BCUT2D eigenvalue weighted by molar-refractivity contribution is 0.0691. The lowest BCUT2D eigenvalue weighted by atomic mass is 10.1. The summed E-state index contributed by atoms with van der Waals surface area (Å²) in [7, 11) is 0. The Hall–Kier alpha value is -1.58. The first-order chi connectivity index (χ1) is 9.15. The van der Waals surface area contributed by atoms with E-state index < -0.39 is 5.97 Å². The molecule has 19 heavy (non-hydrogen) atoms. The van der Waals surface area contributed by atoms with Crippen LogP contribution in [0.1, 0.15) is 61.5 Å². The van der Waals surface area contributed by atoms with Gasteiger partial charge in [0.1, 0.15) is 11.3 Å². The second-order valence-electron chi connectivity index (χ2n) is 4.74. The summed E-state index contributed by atoms with van der Waals surface area (Å²) in [6.07, 6.45) is 8.47. The van der Waals surface area contributed by atoms with E-state index >= 15 is 0 Å². The topological polar surface area (TPSA) is 59.4 Å². The maximum atomic E-state index is 11.0. The smallest absolute Gasteiger partial charge is 0.341 e. The molecule has 0 saturated heterocycles. The van der Waals surface area contributed by atoms with Gasteiger partial charge in [-0.3, -0.25) is 4.98 Å². The summed E-state index contributed by atoms with van der Waals surface area (Å²) in [6, 6.07) is 1.68. The number of aromatic carboxylic acids is 1. The van der Waals surface area contributed by atoms with Crippen LogP contribution in [0.2, 0.25) is 0 Å². The molecule has 4 nitrogen and oxygen atoms in total. The van der Waals surface area contributed by atoms with Crippen molar-refractivity contribution in [1.29, 1.82) is 0 Å². The number of aromatic nitrogens is 1. The first-order valence-electron chi connectivity index (χ1n) is 6.98. The zero-order chi connectivity index (χ0) is 14.1. The molecule has 0 saturated carbocycles. The minimum Gasteiger partial charge on any atom is -0.493 e. The SMILES string of the molecule is CCCCCCCCOc1cc(C)ncc1C(=O)O. The molecular weight excluding hydrogens is 242 g/mol. The number of hydrogen-bond acceptors (Lipinski definition) is 3. The zero-order valence-corrected chi connectivity index (χ0v) is 11.8. The predicted molar refractivity (Wildman–Crippen MR) is 74.8 cm³/mol. The number of carboxylic acids is 1. The number of pyridine rings is 1. The van der Waals surface area contributed by atoms with E-state index in [1.807, 2.05) is 6.92 Å². The summed E-state index contributed by atoms with van der Waals surface area (Å²) in [4.78, 5) is 15.0. The van der Waals surface area contributed by atoms with Crippen LogP contribution in [0.4, 0.5) is 0 Å². The number of carbonyl (C=O) groups is 1. The van der Waals surface area contributed by atoms with Gasteiger partial charge in [-0.2, -0.15) is 0 Å². The van der Waals surface area contributed by atoms with Crippen LogP contribution < -0.4 is 4.74 Å². The van der Waals surface area contributed by atoms with Crippen LogP contribution in [0, 0.1) is 6.92 Å². The molecule has 0 spiro atoms. The van der Waals surface area contributed by atoms with Gasteiger partial charge in [0.25, 0.3) is 0 Å². The molecule has 0 aromatic carbocycles. The highest BCUT2D eigenvalue weighted by atomic mass is 16.5. The van der Waals surface area contributed by atoms with Crippen LogP contribution in [-0.4, -0.2) is 22.7 Å². The fraction of sp³-hybridized carbons (Fsp3) is 0.600. The average molecular weight is 265 g/mol. The van der Waals surface area contributed by atoms with Gasteiger partial charge < -0.3 is 9.84 Å². The van der Waals surface area contributed by atoms with Crippen LogP contribution in [0.3, 0.4) is 0 Å². The first-order valence-corrected chi connectivity index (χ1v) is 6.98. The van der Waals surface area contributed by atoms with Gasteiger partial charge >= 0.3 is 5.97 Å². The number of rotatable bonds is 9. The van der Waals surface area contributed by atoms with Crippen molar-refractivity contribution in [1.82, 2.24) is 4.98 Å². The predicted octanol–water partition coefficient (Wildman–Crippen LogP) is 3.83. The fourth-order valence-electron chi connectivity index (χ4n) is 1.88. The van der Waals surface area contributed by atoms with E-state index in [0.29, 0.717) is 12.4 Å². The number of hydrogen-bond donors (Lipinski definition) is 1. The third-order valence-corrected chi connectivity index (χ3v) is 2.99. The normalized spacial score (nSPS) is 10.4. The maximum Gasteiger partial charge on any atom is 0.341 e. The highest BCUT2D eigenvalue weighted by Crippen LogP contribution is 2.19. The summed E-state index contributed by atoms with van der Waals surface area (Å²) >= 11 is 0. The van der Waals surface area contributed by atoms with Crippen LogP contribution in [0.5, 0.6) is 5.75 Å². The molecule has 0 atom stereocenters. The summed E-state index contributed by atoms with van der Waals surface area (Å²) in [6.45, 7) is 4.58. The second-order valence-corrected chi connectivity index (χ2v) is 4.74. The Labute approximate surface area is 114 Å². The van der Waals surface area contributed by atoms with Gasteiger partial charge in [-0.05, 0) is 13.3 Å². The number of unbranched alkanes of at least 4 members (excludes halogenated alkanes) is 5. The van der Waals surface area contributed by atoms with Crippen molar-refractivity contribution >= 4 is 5.97 Å². The van der Waals surface area contributed by atoms with Crippen LogP contribution in [0.25, 0.3) is 0 Å². The van der Waals surface area contributed by atoms with Crippen molar-refractivity contribution in [3.05, 3.63) is 23.5 Å². The lowest BCUT2D eigenvalue weighted by Gasteiger charge is -2.09. The molecule has 0 aliphatic rings. The van der Waals surface area contributed by atoms with Gasteiger partial charge in [0, 0.05) is 18.0 Å². The molecule has 0 aliphatic carbocycles. The van der Waals surface area contributed by atoms with E-state index in [1.54, 1.807) is 6.07 Å². The van der Waals surface area contributed by atoms with Crippen molar-refractivity contribution in [3.8, 4) is 5.75 Å². The number of aryl methyl sites for hydroxylation is 1. The van der Waals surface area contributed by atoms with E-state index in [0.717, 1.165) is 18.5 Å². The van der Waals surface area contributed by atoms with E-state index in [9.17, 15) is 4.79 Å². The standard InChI is InChI=1S/C15H23NO3/c1-3-4-5-6-7-8-9-19-14-10-12(2)16-11-13(14)15(17)18/h10-11H,3-9H2,1-2H3,(H,17,18). The highest BCUT2D eigenvalue weighted by molar-refractivity contribution is 5.90. The number of carboxylic acid groups (broad SMARTS) is 1. The third kappa shape index (κ3) is 5.73. The van der Waals surface area contributed by atoms with Crippen molar-refractivity contribution in [2.24, 2.45) is 0 Å². The van der Waals surface area contributed by atoms with Crippen molar-refractivity contribution in [2.75, 3.05) is 6.61 Å². The molecule has 1 heterocycles. The highest BCUT2D eigenvalue weighted by Gasteiger charge is 2.11. The molecule has 0 unspecified atom stereocenters. The second kappa shape index (κ2) is 8.51. The summed E-state index contributed by atoms with van der Waals surface area (Å²) < 4.78 is 5.56. The maximum absolute atomic E-state index is 11.0. The summed E-state index contributed by atoms with van der Waals surface area (Å²) in [5, 5.41) is 9.04. The van der Waals surface area contributed by atoms with Crippen molar-refractivity contribution in [2.45, 2.75) is 52.4 Å². The zero-order valence-electron chi connectivity index (χ0n) is 11.8. The van der Waals surface area contributed by atoms with Crippen molar-refractivity contribution in [3.63, 3.8) is 0 Å². The Balaban J connectivity index is 2.36. The van der Waals surface area contributed by atoms with Gasteiger partial charge in [-0.15, -0.1) is 0 Å². The van der Waals surface area contributed by atoms with Gasteiger partial charge in [0.05, 0.1) is 6.61 Å². The molecule has 0 radical (unpaired) electrons. The minimum atomic E-state index is -0.995. The molecule has 106 valence electrons. The molecule has 0 amide bonds. The monoisotopic (exact) mass is 265 g/mol. The Morgan fingerprint density at radius 2 is 1.95 bits per heavy atom. The summed E-state index contributed by atoms with van der Waals surface area (Å²) in [5.41, 5.74) is 0.902. The third-order valence-electron chi connectivity index (χ3n) is 2.99. The van der Waals surface area contributed by atoms with Gasteiger partial charge in [0.2, 0.25) is 0 Å². The Bertz CT molecular complexity index is 404. The fourth-order valence-corrected chi connectivity index (χ4v) is 1.88. The molecule has 0 aliphatic heterocycles. The van der Waals surface area contributed by atoms with E-state index in [1.165, 1.54) is 31.9 Å². The van der Waals surface area contributed by atoms with Crippen LogP contribution >= 0.6 is 0 Å². The van der Waals surface area contributed by atoms with Crippen LogP contribution in [-0.2, 0) is 0 Å². The molecule has 1 aromatic heterocycles. The van der Waals surface area contributed by atoms with Crippen LogP contribution in [0.15, 0.2) is 12.3 Å². The molecule has 1 N–H and O–H groups in total. The van der Waals surface area contributed by atoms with Gasteiger partial charge in [0.15, 0.2) is 0 Å². The molecule has 1 rings (SSSR count). The lowest BCUT2D eigenvalue weighted by Crippen LogP contribution is -2.06. The van der Waals surface area contributed by atoms with Gasteiger partial charge in [-0.25, -0.2) is 4.79 Å². The van der Waals surface area contributed by atoms with E-state index in [-0.39, 0.29) is 5.56 Å². The Morgan fingerprint density at radius 1 is 1.26 bits per heavy atom. The van der Waals surface area contributed by atoms with E-state index in [4.69, 9.17) is 9.84 Å². The molecule has 4 heteroatoms. The van der Waals surface area contributed by atoms with E-state index in [2.05, 4.69) is 11.9 Å². The largest absolute Gasteiger partial charge is 0.493 e.